The number of piperazine rings is 1. The van der Waals surface area contributed by atoms with Crippen molar-refractivity contribution >= 4 is 11.8 Å². The van der Waals surface area contributed by atoms with Gasteiger partial charge in [-0.05, 0) is 13.3 Å². The minimum Gasteiger partial charge on any atom is -0.352 e. The molecule has 0 aliphatic carbocycles. The van der Waals surface area contributed by atoms with Gasteiger partial charge in [-0.3, -0.25) is 14.6 Å². The van der Waals surface area contributed by atoms with Crippen LogP contribution in [0.4, 0.5) is 0 Å². The lowest BCUT2D eigenvalue weighted by Crippen LogP contribution is -2.64. The first-order valence-corrected chi connectivity index (χ1v) is 6.46. The van der Waals surface area contributed by atoms with Gasteiger partial charge in [-0.15, -0.1) is 0 Å². The van der Waals surface area contributed by atoms with Gasteiger partial charge in [0.2, 0.25) is 5.91 Å². The fourth-order valence-corrected chi connectivity index (χ4v) is 2.45. The molecule has 6 nitrogen and oxygen atoms in total. The summed E-state index contributed by atoms with van der Waals surface area (Å²) in [5.74, 6) is -0.336. The van der Waals surface area contributed by atoms with E-state index in [2.05, 4.69) is 15.3 Å². The highest BCUT2D eigenvalue weighted by Crippen LogP contribution is 2.25. The molecule has 1 N–H and O–H groups in total. The summed E-state index contributed by atoms with van der Waals surface area (Å²) in [6, 6.07) is 0. The van der Waals surface area contributed by atoms with E-state index in [0.717, 1.165) is 6.42 Å². The quantitative estimate of drug-likeness (QED) is 0.866. The molecular weight excluding hydrogens is 244 g/mol. The molecule has 2 rings (SSSR count). The van der Waals surface area contributed by atoms with Crippen LogP contribution < -0.4 is 5.32 Å². The highest BCUT2D eigenvalue weighted by molar-refractivity contribution is 5.98. The summed E-state index contributed by atoms with van der Waals surface area (Å²) >= 11 is 0. The molecule has 0 bridgehead atoms. The monoisotopic (exact) mass is 262 g/mol. The molecule has 0 saturated carbocycles. The molecule has 2 heterocycles. The highest BCUT2D eigenvalue weighted by Gasteiger charge is 2.44. The van der Waals surface area contributed by atoms with Crippen molar-refractivity contribution < 1.29 is 9.59 Å². The van der Waals surface area contributed by atoms with Crippen LogP contribution in [0.3, 0.4) is 0 Å². The molecule has 2 amide bonds. The van der Waals surface area contributed by atoms with Gasteiger partial charge in [-0.25, -0.2) is 4.98 Å². The average molecular weight is 262 g/mol. The summed E-state index contributed by atoms with van der Waals surface area (Å²) in [6.07, 6.45) is 5.89. The molecular formula is C13H18N4O2. The number of hydrogen-bond acceptors (Lipinski definition) is 4. The van der Waals surface area contributed by atoms with Crippen molar-refractivity contribution in [3.05, 3.63) is 24.3 Å². The van der Waals surface area contributed by atoms with E-state index in [4.69, 9.17) is 0 Å². The molecule has 0 spiro atoms. The lowest BCUT2D eigenvalue weighted by atomic mass is 9.90. The zero-order valence-electron chi connectivity index (χ0n) is 11.2. The molecule has 1 aromatic rings. The highest BCUT2D eigenvalue weighted by atomic mass is 16.2. The molecule has 6 heteroatoms. The Labute approximate surface area is 112 Å². The smallest absolute Gasteiger partial charge is 0.275 e. The maximum atomic E-state index is 12.5. The topological polar surface area (TPSA) is 75.2 Å². The second kappa shape index (κ2) is 5.34. The van der Waals surface area contributed by atoms with Crippen molar-refractivity contribution in [1.29, 1.82) is 0 Å². The third-order valence-electron chi connectivity index (χ3n) is 3.47. The fraction of sp³-hybridized carbons (Fsp3) is 0.538. The van der Waals surface area contributed by atoms with Gasteiger partial charge < -0.3 is 10.2 Å². The largest absolute Gasteiger partial charge is 0.352 e. The number of amides is 2. The Bertz CT molecular complexity index is 477. The molecule has 1 saturated heterocycles. The Balaban J connectivity index is 2.30. The first-order chi connectivity index (χ1) is 9.09. The Hall–Kier alpha value is -1.98. The molecule has 1 aliphatic heterocycles. The Morgan fingerprint density at radius 1 is 1.53 bits per heavy atom. The van der Waals surface area contributed by atoms with Crippen molar-refractivity contribution in [3.8, 4) is 0 Å². The number of nitrogens with one attached hydrogen (secondary N) is 1. The standard InChI is InChI=1S/C13H18N4O2/c1-3-4-13(2)12(19)16-7-8-17(13)11(18)10-9-14-5-6-15-10/h5-6,9H,3-4,7-8H2,1-2H3,(H,16,19)/t13-/m0/s1. The van der Waals surface area contributed by atoms with Gasteiger partial charge in [0, 0.05) is 25.5 Å². The normalized spacial score (nSPS) is 23.1. The zero-order valence-corrected chi connectivity index (χ0v) is 11.2. The van der Waals surface area contributed by atoms with E-state index >= 15 is 0 Å². The fourth-order valence-electron chi connectivity index (χ4n) is 2.45. The summed E-state index contributed by atoms with van der Waals surface area (Å²) < 4.78 is 0. The van der Waals surface area contributed by atoms with Gasteiger partial charge in [-0.2, -0.15) is 0 Å². The van der Waals surface area contributed by atoms with E-state index in [9.17, 15) is 9.59 Å². The number of carbonyl (C=O) groups is 2. The molecule has 1 fully saturated rings. The summed E-state index contributed by atoms with van der Waals surface area (Å²) in [7, 11) is 0. The van der Waals surface area contributed by atoms with Crippen molar-refractivity contribution in [2.24, 2.45) is 0 Å². The molecule has 0 unspecified atom stereocenters. The minimum atomic E-state index is -0.804. The molecule has 1 aromatic heterocycles. The van der Waals surface area contributed by atoms with Crippen LogP contribution in [0.1, 0.15) is 37.2 Å². The third-order valence-corrected chi connectivity index (χ3v) is 3.47. The number of carbonyl (C=O) groups excluding carboxylic acids is 2. The average Bonchev–Trinajstić information content (AvgIpc) is 2.43. The maximum Gasteiger partial charge on any atom is 0.275 e. The SMILES string of the molecule is CCC[C@@]1(C)C(=O)NCCN1C(=O)c1cnccn1. The third kappa shape index (κ3) is 2.43. The first-order valence-electron chi connectivity index (χ1n) is 6.46. The van der Waals surface area contributed by atoms with Gasteiger partial charge in [-0.1, -0.05) is 13.3 Å². The second-order valence-electron chi connectivity index (χ2n) is 4.83. The van der Waals surface area contributed by atoms with Gasteiger partial charge in [0.15, 0.2) is 0 Å². The van der Waals surface area contributed by atoms with E-state index in [-0.39, 0.29) is 17.5 Å². The summed E-state index contributed by atoms with van der Waals surface area (Å²) in [5.41, 5.74) is -0.527. The molecule has 0 aromatic carbocycles. The van der Waals surface area contributed by atoms with Crippen molar-refractivity contribution in [3.63, 3.8) is 0 Å². The lowest BCUT2D eigenvalue weighted by molar-refractivity contribution is -0.134. The molecule has 0 radical (unpaired) electrons. The number of aromatic nitrogens is 2. The van der Waals surface area contributed by atoms with Crippen LogP contribution in [0.2, 0.25) is 0 Å². The second-order valence-corrected chi connectivity index (χ2v) is 4.83. The van der Waals surface area contributed by atoms with Crippen LogP contribution in [-0.4, -0.2) is 45.3 Å². The van der Waals surface area contributed by atoms with Crippen molar-refractivity contribution in [2.75, 3.05) is 13.1 Å². The number of hydrogen-bond donors (Lipinski definition) is 1. The molecule has 102 valence electrons. The van der Waals surface area contributed by atoms with Crippen LogP contribution in [0.15, 0.2) is 18.6 Å². The number of nitrogens with zero attached hydrogens (tertiary/aromatic N) is 3. The zero-order chi connectivity index (χ0) is 13.9. The molecule has 19 heavy (non-hydrogen) atoms. The van der Waals surface area contributed by atoms with E-state index in [1.165, 1.54) is 18.6 Å². The Kier molecular flexibility index (Phi) is 3.78. The van der Waals surface area contributed by atoms with E-state index in [0.29, 0.717) is 19.5 Å². The minimum absolute atomic E-state index is 0.0992. The summed E-state index contributed by atoms with van der Waals surface area (Å²) in [4.78, 5) is 34.1. The van der Waals surface area contributed by atoms with Crippen LogP contribution in [-0.2, 0) is 4.79 Å². The van der Waals surface area contributed by atoms with Crippen molar-refractivity contribution in [1.82, 2.24) is 20.2 Å². The Morgan fingerprint density at radius 3 is 2.95 bits per heavy atom. The predicted octanol–water partition coefficient (Wildman–Crippen LogP) is 0.607. The molecule has 1 atom stereocenters. The van der Waals surface area contributed by atoms with Crippen LogP contribution in [0, 0.1) is 0 Å². The van der Waals surface area contributed by atoms with E-state index in [1.54, 1.807) is 11.8 Å². The number of rotatable bonds is 3. The van der Waals surface area contributed by atoms with E-state index in [1.807, 2.05) is 6.92 Å². The van der Waals surface area contributed by atoms with Gasteiger partial charge >= 0.3 is 0 Å². The Morgan fingerprint density at radius 2 is 2.32 bits per heavy atom. The molecule has 1 aliphatic rings. The summed E-state index contributed by atoms with van der Waals surface area (Å²) in [6.45, 7) is 4.78. The van der Waals surface area contributed by atoms with Crippen molar-refractivity contribution in [2.45, 2.75) is 32.2 Å². The van der Waals surface area contributed by atoms with E-state index < -0.39 is 5.54 Å². The summed E-state index contributed by atoms with van der Waals surface area (Å²) in [5, 5.41) is 2.82. The van der Waals surface area contributed by atoms with Crippen LogP contribution in [0.5, 0.6) is 0 Å². The maximum absolute atomic E-state index is 12.5. The van der Waals surface area contributed by atoms with Crippen LogP contribution >= 0.6 is 0 Å². The predicted molar refractivity (Wildman–Crippen MR) is 69.4 cm³/mol. The van der Waals surface area contributed by atoms with Gasteiger partial charge in [0.05, 0.1) is 6.20 Å². The lowest BCUT2D eigenvalue weighted by Gasteiger charge is -2.43. The van der Waals surface area contributed by atoms with Gasteiger partial charge in [0.1, 0.15) is 11.2 Å². The first kappa shape index (κ1) is 13.5. The van der Waals surface area contributed by atoms with Crippen LogP contribution in [0.25, 0.3) is 0 Å². The van der Waals surface area contributed by atoms with Gasteiger partial charge in [0.25, 0.3) is 5.91 Å².